The van der Waals surface area contributed by atoms with Gasteiger partial charge in [-0.2, -0.15) is 4.31 Å². The minimum atomic E-state index is -3.58. The van der Waals surface area contributed by atoms with Crippen LogP contribution < -0.4 is 0 Å². The van der Waals surface area contributed by atoms with E-state index < -0.39 is 16.0 Å². The van der Waals surface area contributed by atoms with E-state index in [1.54, 1.807) is 35.8 Å². The first kappa shape index (κ1) is 21.5. The van der Waals surface area contributed by atoms with Gasteiger partial charge in [-0.3, -0.25) is 4.79 Å². The maximum atomic E-state index is 14.0. The molecule has 1 N–H and O–H groups in total. The van der Waals surface area contributed by atoms with Gasteiger partial charge in [-0.1, -0.05) is 18.2 Å². The molecule has 1 aromatic heterocycles. The molecular weight excluding hydrogens is 419 g/mol. The Morgan fingerprint density at radius 3 is 2.45 bits per heavy atom. The lowest BCUT2D eigenvalue weighted by molar-refractivity contribution is -0.137. The zero-order valence-corrected chi connectivity index (χ0v) is 18.3. The van der Waals surface area contributed by atoms with E-state index in [1.807, 2.05) is 13.0 Å². The fourth-order valence-electron chi connectivity index (χ4n) is 4.70. The van der Waals surface area contributed by atoms with Crippen molar-refractivity contribution in [3.05, 3.63) is 65.1 Å². The molecule has 1 fully saturated rings. The van der Waals surface area contributed by atoms with Gasteiger partial charge < -0.3 is 9.67 Å². The van der Waals surface area contributed by atoms with E-state index in [1.165, 1.54) is 16.4 Å². The molecule has 4 rings (SSSR count). The molecule has 8 heteroatoms. The number of benzene rings is 2. The van der Waals surface area contributed by atoms with Crippen LogP contribution >= 0.6 is 0 Å². The third-order valence-corrected chi connectivity index (χ3v) is 8.26. The lowest BCUT2D eigenvalue weighted by Crippen LogP contribution is -2.38. The van der Waals surface area contributed by atoms with Gasteiger partial charge in [-0.05, 0) is 68.0 Å². The van der Waals surface area contributed by atoms with Crippen molar-refractivity contribution in [1.29, 1.82) is 0 Å². The Morgan fingerprint density at radius 2 is 1.81 bits per heavy atom. The molecule has 2 heterocycles. The fraction of sp³-hybridized carbons (Fsp3) is 0.348. The van der Waals surface area contributed by atoms with Crippen molar-refractivity contribution in [2.75, 3.05) is 13.1 Å². The zero-order valence-electron chi connectivity index (χ0n) is 17.5. The van der Waals surface area contributed by atoms with Crippen molar-refractivity contribution in [3.8, 4) is 0 Å². The summed E-state index contributed by atoms with van der Waals surface area (Å²) in [5.41, 5.74) is 3.12. The highest BCUT2D eigenvalue weighted by atomic mass is 32.2. The summed E-state index contributed by atoms with van der Waals surface area (Å²) in [6.45, 7) is 4.17. The average molecular weight is 445 g/mol. The van der Waals surface area contributed by atoms with Crippen molar-refractivity contribution < 1.29 is 22.7 Å². The molecule has 31 heavy (non-hydrogen) atoms. The molecule has 0 saturated carbocycles. The van der Waals surface area contributed by atoms with Crippen LogP contribution in [0.3, 0.4) is 0 Å². The van der Waals surface area contributed by atoms with Crippen LogP contribution in [0.15, 0.2) is 47.4 Å². The Morgan fingerprint density at radius 1 is 1.13 bits per heavy atom. The summed E-state index contributed by atoms with van der Waals surface area (Å²) in [5.74, 6) is -1.31. The summed E-state index contributed by atoms with van der Waals surface area (Å²) in [6, 6.07) is 11.4. The van der Waals surface area contributed by atoms with E-state index >= 15 is 0 Å². The van der Waals surface area contributed by atoms with Gasteiger partial charge in [0.1, 0.15) is 12.4 Å². The number of aromatic nitrogens is 1. The highest BCUT2D eigenvalue weighted by molar-refractivity contribution is 7.89. The van der Waals surface area contributed by atoms with Crippen LogP contribution in [-0.4, -0.2) is 41.5 Å². The molecule has 0 unspecified atom stereocenters. The Hall–Kier alpha value is -2.71. The van der Waals surface area contributed by atoms with Crippen molar-refractivity contribution >= 4 is 26.9 Å². The minimum absolute atomic E-state index is 0.0302. The van der Waals surface area contributed by atoms with E-state index in [2.05, 4.69) is 0 Å². The van der Waals surface area contributed by atoms with Crippen molar-refractivity contribution in [2.45, 2.75) is 44.0 Å². The number of aryl methyl sites for hydroxylation is 1. The number of piperidine rings is 1. The third-order valence-electron chi connectivity index (χ3n) is 6.20. The Balaban J connectivity index is 1.65. The fourth-order valence-corrected chi connectivity index (χ4v) is 6.40. The summed E-state index contributed by atoms with van der Waals surface area (Å²) in [6.07, 6.45) is 1.18. The summed E-state index contributed by atoms with van der Waals surface area (Å²) < 4.78 is 43.4. The number of sulfonamides is 1. The SMILES string of the molecule is Cc1ccccc1S(=O)(=O)N1CCC(c2c(C)n(CC(=O)O)c3ccc(F)cc23)CC1. The molecule has 0 atom stereocenters. The average Bonchev–Trinajstić information content (AvgIpc) is 2.98. The molecule has 0 amide bonds. The topological polar surface area (TPSA) is 79.6 Å². The highest BCUT2D eigenvalue weighted by Gasteiger charge is 2.33. The summed E-state index contributed by atoms with van der Waals surface area (Å²) in [4.78, 5) is 11.7. The van der Waals surface area contributed by atoms with Gasteiger partial charge in [0.05, 0.1) is 4.90 Å². The van der Waals surface area contributed by atoms with E-state index in [-0.39, 0.29) is 18.3 Å². The highest BCUT2D eigenvalue weighted by Crippen LogP contribution is 2.38. The molecule has 1 saturated heterocycles. The van der Waals surface area contributed by atoms with E-state index in [0.717, 1.165) is 11.3 Å². The van der Waals surface area contributed by atoms with Crippen LogP contribution in [0.5, 0.6) is 0 Å². The number of carboxylic acids is 1. The monoisotopic (exact) mass is 444 g/mol. The molecule has 1 aliphatic heterocycles. The van der Waals surface area contributed by atoms with Crippen molar-refractivity contribution in [1.82, 2.24) is 8.87 Å². The van der Waals surface area contributed by atoms with Crippen LogP contribution in [0.1, 0.15) is 35.6 Å². The standard InChI is InChI=1S/C23H25FN2O4S/c1-15-5-3-4-6-21(15)31(29,30)25-11-9-17(10-12-25)23-16(2)26(14-22(27)28)20-8-7-18(24)13-19(20)23/h3-8,13,17H,9-12,14H2,1-2H3,(H,27,28). The predicted molar refractivity (Wildman–Crippen MR) is 116 cm³/mol. The first-order valence-corrected chi connectivity index (χ1v) is 11.7. The molecule has 0 spiro atoms. The first-order valence-electron chi connectivity index (χ1n) is 10.3. The van der Waals surface area contributed by atoms with Crippen LogP contribution in [-0.2, 0) is 21.4 Å². The number of rotatable bonds is 5. The second-order valence-corrected chi connectivity index (χ2v) is 9.99. The lowest BCUT2D eigenvalue weighted by atomic mass is 9.88. The normalized spacial score (nSPS) is 16.1. The first-order chi connectivity index (χ1) is 14.7. The number of aliphatic carboxylic acids is 1. The number of hydrogen-bond donors (Lipinski definition) is 1. The summed E-state index contributed by atoms with van der Waals surface area (Å²) in [5, 5.41) is 10.0. The van der Waals surface area contributed by atoms with E-state index in [9.17, 15) is 22.7 Å². The third kappa shape index (κ3) is 3.85. The van der Waals surface area contributed by atoms with Crippen LogP contribution in [0, 0.1) is 19.7 Å². The molecule has 0 bridgehead atoms. The Labute approximate surface area is 181 Å². The second-order valence-electron chi connectivity index (χ2n) is 8.08. The molecule has 2 aromatic carbocycles. The van der Waals surface area contributed by atoms with Gasteiger partial charge >= 0.3 is 5.97 Å². The van der Waals surface area contributed by atoms with Crippen LogP contribution in [0.4, 0.5) is 4.39 Å². The number of nitrogens with zero attached hydrogens (tertiary/aromatic N) is 2. The second kappa shape index (κ2) is 8.09. The van der Waals surface area contributed by atoms with Gasteiger partial charge in [0, 0.05) is 29.7 Å². The number of hydrogen-bond acceptors (Lipinski definition) is 3. The summed E-state index contributed by atoms with van der Waals surface area (Å²) in [7, 11) is -3.58. The largest absolute Gasteiger partial charge is 0.480 e. The number of carboxylic acid groups (broad SMARTS) is 1. The van der Waals surface area contributed by atoms with E-state index in [4.69, 9.17) is 0 Å². The maximum Gasteiger partial charge on any atom is 0.323 e. The number of halogens is 1. The van der Waals surface area contributed by atoms with E-state index in [0.29, 0.717) is 47.3 Å². The molecule has 0 aliphatic carbocycles. The Bertz CT molecular complexity index is 1260. The lowest BCUT2D eigenvalue weighted by Gasteiger charge is -2.32. The van der Waals surface area contributed by atoms with Crippen LogP contribution in [0.2, 0.25) is 0 Å². The smallest absolute Gasteiger partial charge is 0.323 e. The molecule has 3 aromatic rings. The molecule has 6 nitrogen and oxygen atoms in total. The quantitative estimate of drug-likeness (QED) is 0.644. The number of fused-ring (bicyclic) bond motifs is 1. The Kier molecular flexibility index (Phi) is 5.61. The molecule has 164 valence electrons. The summed E-state index contributed by atoms with van der Waals surface area (Å²) >= 11 is 0. The molecule has 1 aliphatic rings. The number of carbonyl (C=O) groups is 1. The molecule has 0 radical (unpaired) electrons. The van der Waals surface area contributed by atoms with Crippen molar-refractivity contribution in [3.63, 3.8) is 0 Å². The van der Waals surface area contributed by atoms with Crippen molar-refractivity contribution in [2.24, 2.45) is 0 Å². The van der Waals surface area contributed by atoms with Gasteiger partial charge in [-0.25, -0.2) is 12.8 Å². The van der Waals surface area contributed by atoms with Gasteiger partial charge in [0.15, 0.2) is 0 Å². The van der Waals surface area contributed by atoms with Crippen LogP contribution in [0.25, 0.3) is 10.9 Å². The van der Waals surface area contributed by atoms with Gasteiger partial charge in [0.2, 0.25) is 10.0 Å². The van der Waals surface area contributed by atoms with Gasteiger partial charge in [0.25, 0.3) is 0 Å². The minimum Gasteiger partial charge on any atom is -0.480 e. The maximum absolute atomic E-state index is 14.0. The zero-order chi connectivity index (χ0) is 22.3. The molecular formula is C23H25FN2O4S. The van der Waals surface area contributed by atoms with Gasteiger partial charge in [-0.15, -0.1) is 0 Å². The predicted octanol–water partition coefficient (Wildman–Crippen LogP) is 4.05.